The SMILES string of the molecule is CN(Cc1cccn1C)S(C)(=O)=O. The van der Waals surface area contributed by atoms with Crippen molar-refractivity contribution in [3.63, 3.8) is 0 Å². The van der Waals surface area contributed by atoms with Crippen LogP contribution >= 0.6 is 0 Å². The molecule has 1 aromatic heterocycles. The lowest BCUT2D eigenvalue weighted by Crippen LogP contribution is -2.25. The Morgan fingerprint density at radius 2 is 2.15 bits per heavy atom. The Labute approximate surface area is 78.8 Å². The van der Waals surface area contributed by atoms with Gasteiger partial charge in [0.05, 0.1) is 12.8 Å². The number of aromatic nitrogens is 1. The molecule has 5 heteroatoms. The van der Waals surface area contributed by atoms with Crippen LogP contribution in [0.1, 0.15) is 5.69 Å². The number of sulfonamides is 1. The van der Waals surface area contributed by atoms with E-state index >= 15 is 0 Å². The first kappa shape index (κ1) is 10.3. The third-order valence-electron chi connectivity index (χ3n) is 2.00. The molecule has 0 spiro atoms. The van der Waals surface area contributed by atoms with Gasteiger partial charge >= 0.3 is 0 Å². The molecule has 4 nitrogen and oxygen atoms in total. The Hall–Kier alpha value is -0.810. The van der Waals surface area contributed by atoms with Crippen LogP contribution in [-0.4, -0.2) is 30.6 Å². The molecule has 0 N–H and O–H groups in total. The number of hydrogen-bond acceptors (Lipinski definition) is 2. The normalized spacial score (nSPS) is 12.3. The molecule has 0 saturated carbocycles. The summed E-state index contributed by atoms with van der Waals surface area (Å²) in [4.78, 5) is 0. The molecule has 74 valence electrons. The van der Waals surface area contributed by atoms with Crippen molar-refractivity contribution in [3.05, 3.63) is 24.0 Å². The minimum atomic E-state index is -3.08. The zero-order valence-corrected chi connectivity index (χ0v) is 8.87. The van der Waals surface area contributed by atoms with Crippen molar-refractivity contribution in [1.82, 2.24) is 8.87 Å². The van der Waals surface area contributed by atoms with Crippen molar-refractivity contribution in [2.24, 2.45) is 7.05 Å². The summed E-state index contributed by atoms with van der Waals surface area (Å²) >= 11 is 0. The topological polar surface area (TPSA) is 42.3 Å². The van der Waals surface area contributed by atoms with Gasteiger partial charge in [-0.2, -0.15) is 4.31 Å². The van der Waals surface area contributed by atoms with Gasteiger partial charge in [0.25, 0.3) is 0 Å². The summed E-state index contributed by atoms with van der Waals surface area (Å²) in [6.45, 7) is 0.419. The lowest BCUT2D eigenvalue weighted by Gasteiger charge is -2.14. The van der Waals surface area contributed by atoms with E-state index in [1.807, 2.05) is 29.9 Å². The molecular formula is C8H14N2O2S. The summed E-state index contributed by atoms with van der Waals surface area (Å²) in [6.07, 6.45) is 3.10. The van der Waals surface area contributed by atoms with Crippen LogP contribution in [0, 0.1) is 0 Å². The van der Waals surface area contributed by atoms with Crippen LogP contribution in [0.4, 0.5) is 0 Å². The average Bonchev–Trinajstić information content (AvgIpc) is 2.34. The Kier molecular flexibility index (Phi) is 2.77. The van der Waals surface area contributed by atoms with Gasteiger partial charge in [-0.05, 0) is 12.1 Å². The molecule has 1 rings (SSSR count). The van der Waals surface area contributed by atoms with E-state index in [1.54, 1.807) is 7.05 Å². The van der Waals surface area contributed by atoms with E-state index in [-0.39, 0.29) is 0 Å². The molecule has 0 atom stereocenters. The fraction of sp³-hybridized carbons (Fsp3) is 0.500. The molecule has 1 aromatic rings. The second-order valence-electron chi connectivity index (χ2n) is 3.13. The monoisotopic (exact) mass is 202 g/mol. The molecule has 0 radical (unpaired) electrons. The Morgan fingerprint density at radius 3 is 2.54 bits per heavy atom. The van der Waals surface area contributed by atoms with Crippen LogP contribution in [0.5, 0.6) is 0 Å². The quantitative estimate of drug-likeness (QED) is 0.712. The second-order valence-corrected chi connectivity index (χ2v) is 5.22. The number of rotatable bonds is 3. The van der Waals surface area contributed by atoms with Gasteiger partial charge in [-0.15, -0.1) is 0 Å². The van der Waals surface area contributed by atoms with Crippen molar-refractivity contribution >= 4 is 10.0 Å². The molecule has 0 unspecified atom stereocenters. The minimum Gasteiger partial charge on any atom is -0.353 e. The fourth-order valence-corrected chi connectivity index (χ4v) is 1.37. The average molecular weight is 202 g/mol. The van der Waals surface area contributed by atoms with Gasteiger partial charge in [0.15, 0.2) is 0 Å². The molecule has 0 aliphatic carbocycles. The number of nitrogens with zero attached hydrogens (tertiary/aromatic N) is 2. The standard InChI is InChI=1S/C8H14N2O2S/c1-9-6-4-5-8(9)7-10(2)13(3,11)12/h4-6H,7H2,1-3H3. The summed E-state index contributed by atoms with van der Waals surface area (Å²) in [5.41, 5.74) is 0.980. The number of hydrogen-bond donors (Lipinski definition) is 0. The first-order valence-corrected chi connectivity index (χ1v) is 5.77. The van der Waals surface area contributed by atoms with Crippen LogP contribution in [-0.2, 0) is 23.6 Å². The van der Waals surface area contributed by atoms with Gasteiger partial charge in [-0.1, -0.05) is 0 Å². The fourth-order valence-electron chi connectivity index (χ4n) is 1.01. The zero-order valence-electron chi connectivity index (χ0n) is 8.06. The van der Waals surface area contributed by atoms with Crippen molar-refractivity contribution in [1.29, 1.82) is 0 Å². The maximum Gasteiger partial charge on any atom is 0.211 e. The highest BCUT2D eigenvalue weighted by molar-refractivity contribution is 7.88. The van der Waals surface area contributed by atoms with Gasteiger partial charge in [0, 0.05) is 26.0 Å². The molecular weight excluding hydrogens is 188 g/mol. The highest BCUT2D eigenvalue weighted by Gasteiger charge is 2.11. The van der Waals surface area contributed by atoms with E-state index in [9.17, 15) is 8.42 Å². The molecule has 0 aliphatic rings. The maximum atomic E-state index is 11.1. The van der Waals surface area contributed by atoms with Crippen molar-refractivity contribution in [2.45, 2.75) is 6.54 Å². The maximum absolute atomic E-state index is 11.1. The molecule has 0 fully saturated rings. The van der Waals surface area contributed by atoms with E-state index in [0.717, 1.165) is 5.69 Å². The van der Waals surface area contributed by atoms with Gasteiger partial charge < -0.3 is 4.57 Å². The molecule has 0 bridgehead atoms. The third kappa shape index (κ3) is 2.57. The van der Waals surface area contributed by atoms with E-state index in [2.05, 4.69) is 0 Å². The molecule has 0 saturated heterocycles. The highest BCUT2D eigenvalue weighted by Crippen LogP contribution is 2.05. The highest BCUT2D eigenvalue weighted by atomic mass is 32.2. The molecule has 0 aliphatic heterocycles. The van der Waals surface area contributed by atoms with E-state index in [4.69, 9.17) is 0 Å². The van der Waals surface area contributed by atoms with Gasteiger partial charge in [-0.3, -0.25) is 0 Å². The zero-order chi connectivity index (χ0) is 10.1. The van der Waals surface area contributed by atoms with Crippen LogP contribution in [0.25, 0.3) is 0 Å². The summed E-state index contributed by atoms with van der Waals surface area (Å²) in [7, 11) is 0.390. The largest absolute Gasteiger partial charge is 0.353 e. The Balaban J connectivity index is 2.77. The van der Waals surface area contributed by atoms with Gasteiger partial charge in [-0.25, -0.2) is 8.42 Å². The van der Waals surface area contributed by atoms with E-state index in [0.29, 0.717) is 6.54 Å². The van der Waals surface area contributed by atoms with E-state index in [1.165, 1.54) is 10.6 Å². The lowest BCUT2D eigenvalue weighted by atomic mass is 10.4. The summed E-state index contributed by atoms with van der Waals surface area (Å²) in [5.74, 6) is 0. The van der Waals surface area contributed by atoms with Crippen LogP contribution in [0.3, 0.4) is 0 Å². The molecule has 0 amide bonds. The Morgan fingerprint density at radius 1 is 1.54 bits per heavy atom. The number of aryl methyl sites for hydroxylation is 1. The van der Waals surface area contributed by atoms with Gasteiger partial charge in [0.2, 0.25) is 10.0 Å². The summed E-state index contributed by atoms with van der Waals surface area (Å²) < 4.78 is 25.4. The molecule has 1 heterocycles. The first-order chi connectivity index (χ1) is 5.91. The van der Waals surface area contributed by atoms with Crippen LogP contribution in [0.2, 0.25) is 0 Å². The van der Waals surface area contributed by atoms with Crippen molar-refractivity contribution < 1.29 is 8.42 Å². The van der Waals surface area contributed by atoms with Crippen molar-refractivity contribution in [2.75, 3.05) is 13.3 Å². The smallest absolute Gasteiger partial charge is 0.211 e. The third-order valence-corrected chi connectivity index (χ3v) is 3.26. The first-order valence-electron chi connectivity index (χ1n) is 3.93. The summed E-state index contributed by atoms with van der Waals surface area (Å²) in [5, 5.41) is 0. The lowest BCUT2D eigenvalue weighted by molar-refractivity contribution is 0.462. The predicted octanol–water partition coefficient (Wildman–Crippen LogP) is 0.417. The Bertz CT molecular complexity index is 381. The predicted molar refractivity (Wildman–Crippen MR) is 51.7 cm³/mol. The minimum absolute atomic E-state index is 0.419. The summed E-state index contributed by atoms with van der Waals surface area (Å²) in [6, 6.07) is 3.80. The second kappa shape index (κ2) is 3.51. The molecule has 0 aromatic carbocycles. The van der Waals surface area contributed by atoms with Crippen LogP contribution < -0.4 is 0 Å². The van der Waals surface area contributed by atoms with E-state index < -0.39 is 10.0 Å². The van der Waals surface area contributed by atoms with Crippen LogP contribution in [0.15, 0.2) is 18.3 Å². The van der Waals surface area contributed by atoms with Gasteiger partial charge in [0.1, 0.15) is 0 Å². The van der Waals surface area contributed by atoms with Crippen molar-refractivity contribution in [3.8, 4) is 0 Å². The molecule has 13 heavy (non-hydrogen) atoms.